The first kappa shape index (κ1) is 12.2. The van der Waals surface area contributed by atoms with Crippen LogP contribution in [0, 0.1) is 6.92 Å². The molecule has 0 saturated heterocycles. The summed E-state index contributed by atoms with van der Waals surface area (Å²) in [6.45, 7) is 6.13. The van der Waals surface area contributed by atoms with Gasteiger partial charge in [-0.2, -0.15) is 0 Å². The van der Waals surface area contributed by atoms with Crippen LogP contribution in [0.2, 0.25) is 0 Å². The molecule has 0 aliphatic heterocycles. The zero-order chi connectivity index (χ0) is 12.8. The molecule has 2 heteroatoms. The maximum atomic E-state index is 5.69. The fourth-order valence-corrected chi connectivity index (χ4v) is 1.56. The second-order valence-electron chi connectivity index (χ2n) is 4.03. The van der Waals surface area contributed by atoms with Gasteiger partial charge in [-0.05, 0) is 36.8 Å². The van der Waals surface area contributed by atoms with Crippen LogP contribution in [0.15, 0.2) is 61.4 Å². The number of ether oxygens (including phenoxy) is 2. The molecule has 2 aromatic rings. The summed E-state index contributed by atoms with van der Waals surface area (Å²) in [5, 5.41) is 0. The topological polar surface area (TPSA) is 18.5 Å². The van der Waals surface area contributed by atoms with Crippen LogP contribution in [0.5, 0.6) is 11.5 Å². The lowest BCUT2D eigenvalue weighted by atomic mass is 10.2. The van der Waals surface area contributed by atoms with Gasteiger partial charge in [0.1, 0.15) is 18.1 Å². The summed E-state index contributed by atoms with van der Waals surface area (Å²) in [4.78, 5) is 0. The van der Waals surface area contributed by atoms with E-state index in [0.29, 0.717) is 6.61 Å². The summed E-state index contributed by atoms with van der Waals surface area (Å²) in [5.74, 6) is 1.66. The fraction of sp³-hybridized carbons (Fsp3) is 0.125. The molecule has 2 rings (SSSR count). The van der Waals surface area contributed by atoms with E-state index in [1.165, 1.54) is 11.8 Å². The summed E-state index contributed by atoms with van der Waals surface area (Å²) < 4.78 is 10.8. The molecule has 0 aliphatic rings. The van der Waals surface area contributed by atoms with Crippen LogP contribution in [0.25, 0.3) is 0 Å². The lowest BCUT2D eigenvalue weighted by Crippen LogP contribution is -1.95. The van der Waals surface area contributed by atoms with Gasteiger partial charge in [0.2, 0.25) is 0 Å². The summed E-state index contributed by atoms with van der Waals surface area (Å²) in [5.41, 5.74) is 2.33. The SMILES string of the molecule is C=COc1ccc(COc2ccc(C)cc2)cc1. The minimum absolute atomic E-state index is 0.553. The monoisotopic (exact) mass is 240 g/mol. The van der Waals surface area contributed by atoms with Gasteiger partial charge in [0, 0.05) is 0 Å². The van der Waals surface area contributed by atoms with Crippen molar-refractivity contribution in [2.24, 2.45) is 0 Å². The van der Waals surface area contributed by atoms with Gasteiger partial charge in [0.15, 0.2) is 0 Å². The van der Waals surface area contributed by atoms with Crippen molar-refractivity contribution in [3.8, 4) is 11.5 Å². The van der Waals surface area contributed by atoms with E-state index in [4.69, 9.17) is 9.47 Å². The highest BCUT2D eigenvalue weighted by Gasteiger charge is 1.97. The predicted molar refractivity (Wildman–Crippen MR) is 72.8 cm³/mol. The van der Waals surface area contributed by atoms with Gasteiger partial charge >= 0.3 is 0 Å². The maximum absolute atomic E-state index is 5.69. The van der Waals surface area contributed by atoms with Crippen LogP contribution < -0.4 is 9.47 Å². The Bertz CT molecular complexity index is 498. The molecule has 0 aromatic heterocycles. The largest absolute Gasteiger partial charge is 0.489 e. The van der Waals surface area contributed by atoms with Gasteiger partial charge in [-0.1, -0.05) is 36.4 Å². The Morgan fingerprint density at radius 3 is 2.17 bits per heavy atom. The lowest BCUT2D eigenvalue weighted by molar-refractivity contribution is 0.306. The zero-order valence-electron chi connectivity index (χ0n) is 10.4. The first-order chi connectivity index (χ1) is 8.78. The molecule has 0 heterocycles. The van der Waals surface area contributed by atoms with Gasteiger partial charge in [-0.25, -0.2) is 0 Å². The molecule has 18 heavy (non-hydrogen) atoms. The predicted octanol–water partition coefficient (Wildman–Crippen LogP) is 4.10. The van der Waals surface area contributed by atoms with Gasteiger partial charge in [0.05, 0.1) is 6.26 Å². The second-order valence-corrected chi connectivity index (χ2v) is 4.03. The van der Waals surface area contributed by atoms with Gasteiger partial charge in [-0.3, -0.25) is 0 Å². The van der Waals surface area contributed by atoms with E-state index in [1.54, 1.807) is 0 Å². The second kappa shape index (κ2) is 5.92. The molecular weight excluding hydrogens is 224 g/mol. The highest BCUT2D eigenvalue weighted by molar-refractivity contribution is 5.29. The van der Waals surface area contributed by atoms with Crippen molar-refractivity contribution < 1.29 is 9.47 Å². The lowest BCUT2D eigenvalue weighted by Gasteiger charge is -2.07. The molecular formula is C16H16O2. The van der Waals surface area contributed by atoms with Crippen LogP contribution in [-0.4, -0.2) is 0 Å². The van der Waals surface area contributed by atoms with E-state index in [2.05, 4.69) is 13.5 Å². The van der Waals surface area contributed by atoms with Crippen LogP contribution in [-0.2, 0) is 6.61 Å². The molecule has 0 bridgehead atoms. The molecule has 0 radical (unpaired) electrons. The van der Waals surface area contributed by atoms with E-state index in [0.717, 1.165) is 17.1 Å². The Kier molecular flexibility index (Phi) is 4.02. The summed E-state index contributed by atoms with van der Waals surface area (Å²) in [6, 6.07) is 15.8. The minimum Gasteiger partial charge on any atom is -0.489 e. The van der Waals surface area contributed by atoms with Crippen molar-refractivity contribution in [1.29, 1.82) is 0 Å². The van der Waals surface area contributed by atoms with Crippen molar-refractivity contribution in [2.75, 3.05) is 0 Å². The van der Waals surface area contributed by atoms with Gasteiger partial charge in [-0.15, -0.1) is 0 Å². The average Bonchev–Trinajstić information content (AvgIpc) is 2.40. The Hall–Kier alpha value is -2.22. The molecule has 0 spiro atoms. The fourth-order valence-electron chi connectivity index (χ4n) is 1.56. The Morgan fingerprint density at radius 2 is 1.56 bits per heavy atom. The molecule has 2 nitrogen and oxygen atoms in total. The van der Waals surface area contributed by atoms with Crippen LogP contribution in [0.3, 0.4) is 0 Å². The number of hydrogen-bond acceptors (Lipinski definition) is 2. The molecule has 0 fully saturated rings. The molecule has 0 unspecified atom stereocenters. The summed E-state index contributed by atoms with van der Waals surface area (Å²) >= 11 is 0. The van der Waals surface area contributed by atoms with E-state index < -0.39 is 0 Å². The molecule has 0 aliphatic carbocycles. The molecule has 0 amide bonds. The van der Waals surface area contributed by atoms with E-state index in [9.17, 15) is 0 Å². The standard InChI is InChI=1S/C16H16O2/c1-3-17-15-10-6-14(7-11-15)12-18-16-8-4-13(2)5-9-16/h3-11H,1,12H2,2H3. The van der Waals surface area contributed by atoms with Crippen molar-refractivity contribution in [3.63, 3.8) is 0 Å². The maximum Gasteiger partial charge on any atom is 0.126 e. The van der Waals surface area contributed by atoms with Crippen LogP contribution in [0.1, 0.15) is 11.1 Å². The van der Waals surface area contributed by atoms with Crippen LogP contribution in [0.4, 0.5) is 0 Å². The molecule has 0 N–H and O–H groups in total. The zero-order valence-corrected chi connectivity index (χ0v) is 10.4. The molecule has 0 saturated carbocycles. The van der Waals surface area contributed by atoms with Crippen molar-refractivity contribution in [3.05, 3.63) is 72.5 Å². The molecule has 2 aromatic carbocycles. The minimum atomic E-state index is 0.553. The Morgan fingerprint density at radius 1 is 0.944 bits per heavy atom. The first-order valence-corrected chi connectivity index (χ1v) is 5.84. The third kappa shape index (κ3) is 3.39. The normalized spacial score (nSPS) is 9.83. The third-order valence-corrected chi connectivity index (χ3v) is 2.57. The highest BCUT2D eigenvalue weighted by atomic mass is 16.5. The van der Waals surface area contributed by atoms with Gasteiger partial charge < -0.3 is 9.47 Å². The van der Waals surface area contributed by atoms with Crippen molar-refractivity contribution >= 4 is 0 Å². The summed E-state index contributed by atoms with van der Waals surface area (Å²) in [7, 11) is 0. The number of aryl methyl sites for hydroxylation is 1. The summed E-state index contributed by atoms with van der Waals surface area (Å²) in [6.07, 6.45) is 1.41. The molecule has 0 atom stereocenters. The van der Waals surface area contributed by atoms with E-state index >= 15 is 0 Å². The number of rotatable bonds is 5. The van der Waals surface area contributed by atoms with Crippen molar-refractivity contribution in [1.82, 2.24) is 0 Å². The first-order valence-electron chi connectivity index (χ1n) is 5.84. The number of benzene rings is 2. The third-order valence-electron chi connectivity index (χ3n) is 2.57. The Labute approximate surface area is 107 Å². The highest BCUT2D eigenvalue weighted by Crippen LogP contribution is 2.16. The quantitative estimate of drug-likeness (QED) is 0.733. The smallest absolute Gasteiger partial charge is 0.126 e. The van der Waals surface area contributed by atoms with Crippen LogP contribution >= 0.6 is 0 Å². The molecule has 92 valence electrons. The van der Waals surface area contributed by atoms with E-state index in [-0.39, 0.29) is 0 Å². The Balaban J connectivity index is 1.93. The average molecular weight is 240 g/mol. The van der Waals surface area contributed by atoms with E-state index in [1.807, 2.05) is 48.5 Å². The van der Waals surface area contributed by atoms with Gasteiger partial charge in [0.25, 0.3) is 0 Å². The van der Waals surface area contributed by atoms with Crippen molar-refractivity contribution in [2.45, 2.75) is 13.5 Å². The number of hydrogen-bond donors (Lipinski definition) is 0.